The molecule has 0 unspecified atom stereocenters. The summed E-state index contributed by atoms with van der Waals surface area (Å²) in [5, 5.41) is 6.35. The number of nitrogens with zero attached hydrogens (tertiary/aromatic N) is 1. The molecule has 1 aromatic heterocycles. The number of rotatable bonds is 3. The van der Waals surface area contributed by atoms with Crippen LogP contribution in [0.5, 0.6) is 0 Å². The van der Waals surface area contributed by atoms with Crippen LogP contribution in [0, 0.1) is 0 Å². The summed E-state index contributed by atoms with van der Waals surface area (Å²) >= 11 is 12.0. The quantitative estimate of drug-likeness (QED) is 0.908. The molecule has 0 saturated heterocycles. The molecule has 0 aliphatic carbocycles. The third-order valence-corrected chi connectivity index (χ3v) is 3.11. The first-order valence-corrected chi connectivity index (χ1v) is 6.26. The number of halogens is 2. The molecule has 2 N–H and O–H groups in total. The SMILES string of the molecule is CNc1ccnc(C(=O)Nc2c(Cl)cccc2Cl)c1. The molecule has 0 aliphatic heterocycles. The van der Waals surface area contributed by atoms with Gasteiger partial charge in [-0.2, -0.15) is 0 Å². The number of hydrogen-bond donors (Lipinski definition) is 2. The molecule has 98 valence electrons. The van der Waals surface area contributed by atoms with Crippen LogP contribution in [0.15, 0.2) is 36.5 Å². The molecule has 0 fully saturated rings. The minimum absolute atomic E-state index is 0.280. The summed E-state index contributed by atoms with van der Waals surface area (Å²) in [4.78, 5) is 16.1. The van der Waals surface area contributed by atoms with Crippen molar-refractivity contribution in [3.8, 4) is 0 Å². The third-order valence-electron chi connectivity index (χ3n) is 2.48. The van der Waals surface area contributed by atoms with Crippen LogP contribution in [-0.2, 0) is 0 Å². The van der Waals surface area contributed by atoms with Crippen molar-refractivity contribution in [2.45, 2.75) is 0 Å². The van der Waals surface area contributed by atoms with Gasteiger partial charge in [0.15, 0.2) is 0 Å². The molecule has 0 radical (unpaired) electrons. The number of nitrogens with one attached hydrogen (secondary N) is 2. The van der Waals surface area contributed by atoms with Gasteiger partial charge < -0.3 is 10.6 Å². The summed E-state index contributed by atoms with van der Waals surface area (Å²) in [6.45, 7) is 0. The maximum atomic E-state index is 12.1. The van der Waals surface area contributed by atoms with Crippen molar-refractivity contribution in [2.75, 3.05) is 17.7 Å². The lowest BCUT2D eigenvalue weighted by atomic mass is 10.2. The van der Waals surface area contributed by atoms with E-state index in [1.807, 2.05) is 0 Å². The maximum absolute atomic E-state index is 12.1. The molecule has 0 bridgehead atoms. The van der Waals surface area contributed by atoms with E-state index in [0.717, 1.165) is 5.69 Å². The smallest absolute Gasteiger partial charge is 0.274 e. The van der Waals surface area contributed by atoms with Gasteiger partial charge in [0.1, 0.15) is 5.69 Å². The molecule has 1 aromatic carbocycles. The Balaban J connectivity index is 2.25. The van der Waals surface area contributed by atoms with Crippen LogP contribution in [0.4, 0.5) is 11.4 Å². The molecule has 0 saturated carbocycles. The van der Waals surface area contributed by atoms with Crippen LogP contribution in [0.3, 0.4) is 0 Å². The van der Waals surface area contributed by atoms with Crippen LogP contribution >= 0.6 is 23.2 Å². The van der Waals surface area contributed by atoms with E-state index in [1.165, 1.54) is 0 Å². The van der Waals surface area contributed by atoms with Crippen molar-refractivity contribution < 1.29 is 4.79 Å². The highest BCUT2D eigenvalue weighted by atomic mass is 35.5. The first-order chi connectivity index (χ1) is 9.11. The Morgan fingerprint density at radius 2 is 1.89 bits per heavy atom. The number of amides is 1. The second-order valence-electron chi connectivity index (χ2n) is 3.73. The van der Waals surface area contributed by atoms with Crippen LogP contribution in [0.25, 0.3) is 0 Å². The summed E-state index contributed by atoms with van der Waals surface area (Å²) in [5.74, 6) is -0.368. The number of aromatic nitrogens is 1. The molecule has 4 nitrogen and oxygen atoms in total. The normalized spacial score (nSPS) is 10.1. The monoisotopic (exact) mass is 295 g/mol. The Morgan fingerprint density at radius 3 is 2.53 bits per heavy atom. The largest absolute Gasteiger partial charge is 0.388 e. The number of pyridine rings is 1. The zero-order chi connectivity index (χ0) is 13.8. The van der Waals surface area contributed by atoms with E-state index in [1.54, 1.807) is 43.6 Å². The van der Waals surface area contributed by atoms with E-state index in [9.17, 15) is 4.79 Å². The van der Waals surface area contributed by atoms with Gasteiger partial charge in [-0.25, -0.2) is 0 Å². The van der Waals surface area contributed by atoms with E-state index < -0.39 is 0 Å². The second-order valence-corrected chi connectivity index (χ2v) is 4.54. The fourth-order valence-electron chi connectivity index (χ4n) is 1.51. The van der Waals surface area contributed by atoms with Gasteiger partial charge in [-0.15, -0.1) is 0 Å². The zero-order valence-electron chi connectivity index (χ0n) is 10.1. The van der Waals surface area contributed by atoms with E-state index in [-0.39, 0.29) is 11.6 Å². The topological polar surface area (TPSA) is 54.0 Å². The fraction of sp³-hybridized carbons (Fsp3) is 0.0769. The Bertz CT molecular complexity index is 596. The minimum Gasteiger partial charge on any atom is -0.388 e. The van der Waals surface area contributed by atoms with Gasteiger partial charge in [0.25, 0.3) is 5.91 Å². The lowest BCUT2D eigenvalue weighted by Crippen LogP contribution is -2.14. The number of para-hydroxylation sites is 1. The summed E-state index contributed by atoms with van der Waals surface area (Å²) in [6.07, 6.45) is 1.55. The third kappa shape index (κ3) is 3.16. The first kappa shape index (κ1) is 13.6. The Hall–Kier alpha value is -1.78. The van der Waals surface area contributed by atoms with Gasteiger partial charge in [0.2, 0.25) is 0 Å². The van der Waals surface area contributed by atoms with E-state index in [0.29, 0.717) is 15.7 Å². The Morgan fingerprint density at radius 1 is 1.21 bits per heavy atom. The maximum Gasteiger partial charge on any atom is 0.274 e. The average molecular weight is 296 g/mol. The number of benzene rings is 1. The van der Waals surface area contributed by atoms with Crippen LogP contribution in [0.1, 0.15) is 10.5 Å². The summed E-state index contributed by atoms with van der Waals surface area (Å²) < 4.78 is 0. The molecule has 2 rings (SSSR count). The molecule has 6 heteroatoms. The highest BCUT2D eigenvalue weighted by Gasteiger charge is 2.12. The van der Waals surface area contributed by atoms with Crippen molar-refractivity contribution in [1.29, 1.82) is 0 Å². The van der Waals surface area contributed by atoms with Gasteiger partial charge in [0, 0.05) is 18.9 Å². The van der Waals surface area contributed by atoms with Crippen molar-refractivity contribution in [2.24, 2.45) is 0 Å². The number of carbonyl (C=O) groups excluding carboxylic acids is 1. The van der Waals surface area contributed by atoms with Gasteiger partial charge in [0.05, 0.1) is 15.7 Å². The fourth-order valence-corrected chi connectivity index (χ4v) is 2.00. The predicted molar refractivity (Wildman–Crippen MR) is 78.2 cm³/mol. The minimum atomic E-state index is -0.368. The zero-order valence-corrected chi connectivity index (χ0v) is 11.6. The number of carbonyl (C=O) groups is 1. The molecule has 0 spiro atoms. The molecular weight excluding hydrogens is 285 g/mol. The van der Waals surface area contributed by atoms with Crippen molar-refractivity contribution in [1.82, 2.24) is 4.98 Å². The molecule has 1 heterocycles. The summed E-state index contributed by atoms with van der Waals surface area (Å²) in [5.41, 5.74) is 1.46. The lowest BCUT2D eigenvalue weighted by molar-refractivity contribution is 0.102. The molecule has 0 atom stereocenters. The molecule has 19 heavy (non-hydrogen) atoms. The number of hydrogen-bond acceptors (Lipinski definition) is 3. The van der Waals surface area contributed by atoms with Gasteiger partial charge in [-0.3, -0.25) is 9.78 Å². The van der Waals surface area contributed by atoms with Gasteiger partial charge >= 0.3 is 0 Å². The van der Waals surface area contributed by atoms with Crippen molar-refractivity contribution >= 4 is 40.5 Å². The average Bonchev–Trinajstić information content (AvgIpc) is 2.43. The molecule has 1 amide bonds. The molecular formula is C13H11Cl2N3O. The van der Waals surface area contributed by atoms with E-state index >= 15 is 0 Å². The number of anilines is 2. The molecule has 2 aromatic rings. The van der Waals surface area contributed by atoms with Crippen LogP contribution in [0.2, 0.25) is 10.0 Å². The van der Waals surface area contributed by atoms with Crippen molar-refractivity contribution in [3.05, 3.63) is 52.3 Å². The van der Waals surface area contributed by atoms with E-state index in [2.05, 4.69) is 15.6 Å². The standard InChI is InChI=1S/C13H11Cl2N3O/c1-16-8-5-6-17-11(7-8)13(19)18-12-9(14)3-2-4-10(12)15/h2-7H,1H3,(H,16,17)(H,18,19). The molecule has 0 aliphatic rings. The Kier molecular flexibility index (Phi) is 4.24. The van der Waals surface area contributed by atoms with Crippen LogP contribution < -0.4 is 10.6 Å². The van der Waals surface area contributed by atoms with E-state index in [4.69, 9.17) is 23.2 Å². The summed E-state index contributed by atoms with van der Waals surface area (Å²) in [7, 11) is 1.77. The highest BCUT2D eigenvalue weighted by molar-refractivity contribution is 6.40. The highest BCUT2D eigenvalue weighted by Crippen LogP contribution is 2.30. The van der Waals surface area contributed by atoms with Crippen LogP contribution in [-0.4, -0.2) is 17.9 Å². The Labute approximate surface area is 120 Å². The first-order valence-electron chi connectivity index (χ1n) is 5.51. The predicted octanol–water partition coefficient (Wildman–Crippen LogP) is 3.68. The van der Waals surface area contributed by atoms with Gasteiger partial charge in [-0.1, -0.05) is 29.3 Å². The second kappa shape index (κ2) is 5.91. The summed E-state index contributed by atoms with van der Waals surface area (Å²) in [6, 6.07) is 8.42. The lowest BCUT2D eigenvalue weighted by Gasteiger charge is -2.09. The van der Waals surface area contributed by atoms with Crippen molar-refractivity contribution in [3.63, 3.8) is 0 Å². The van der Waals surface area contributed by atoms with Gasteiger partial charge in [-0.05, 0) is 24.3 Å².